The van der Waals surface area contributed by atoms with E-state index in [0.29, 0.717) is 0 Å². The Hall–Kier alpha value is -0.805. The maximum Gasteiger partial charge on any atom is 0.502 e. The lowest BCUT2D eigenvalue weighted by atomic mass is 9.79. The average Bonchev–Trinajstić information content (AvgIpc) is 2.32. The number of nitrogens with one attached hydrogen (secondary N) is 1. The van der Waals surface area contributed by atoms with E-state index in [-0.39, 0.29) is 11.2 Å². The lowest BCUT2D eigenvalue weighted by Gasteiger charge is -2.32. The van der Waals surface area contributed by atoms with Crippen molar-refractivity contribution in [3.8, 4) is 0 Å². The van der Waals surface area contributed by atoms with Crippen molar-refractivity contribution in [3.63, 3.8) is 0 Å². The molecular weight excluding hydrogens is 191 g/mol. The molecule has 84 valence electrons. The minimum absolute atomic E-state index is 0.326. The van der Waals surface area contributed by atoms with E-state index in [0.717, 1.165) is 5.47 Å². The Labute approximate surface area is 91.7 Å². The number of nitrogens with two attached hydrogens (primary N) is 1. The Morgan fingerprint density at radius 2 is 1.67 bits per heavy atom. The molecule has 4 nitrogen and oxygen atoms in total. The molecule has 1 heterocycles. The van der Waals surface area contributed by atoms with Crippen LogP contribution in [0.2, 0.25) is 0 Å². The average molecular weight is 211 g/mol. The molecule has 3 N–H and O–H groups in total. The standard InChI is InChI=1S/C10H19BN2O2/c1-9(2)10(3,4)15-11(14-9)8(6-12)7-13-5/h6-7H,12H2,1-5H3/p+1. The second-order valence-electron chi connectivity index (χ2n) is 4.69. The first-order valence-electron chi connectivity index (χ1n) is 5.12. The fraction of sp³-hybridized carbons (Fsp3) is 0.700. The molecule has 0 radical (unpaired) electrons. The van der Waals surface area contributed by atoms with Crippen molar-refractivity contribution >= 4 is 13.3 Å². The van der Waals surface area contributed by atoms with Crippen LogP contribution in [0.1, 0.15) is 27.7 Å². The van der Waals surface area contributed by atoms with Gasteiger partial charge < -0.3 is 15.0 Å². The van der Waals surface area contributed by atoms with Crippen LogP contribution in [-0.2, 0) is 9.31 Å². The van der Waals surface area contributed by atoms with E-state index in [9.17, 15) is 0 Å². The minimum atomic E-state index is -0.396. The number of hydrogen-bond donors (Lipinski definition) is 2. The number of allylic oxidation sites excluding steroid dienone is 1. The SMILES string of the molecule is C[NH+]=CC(=CN)B1OC(C)(C)C(C)(C)O1. The van der Waals surface area contributed by atoms with Gasteiger partial charge in [0.1, 0.15) is 7.05 Å². The van der Waals surface area contributed by atoms with Gasteiger partial charge in [-0.3, -0.25) is 4.99 Å². The van der Waals surface area contributed by atoms with Gasteiger partial charge >= 0.3 is 7.12 Å². The molecule has 1 fully saturated rings. The van der Waals surface area contributed by atoms with E-state index in [4.69, 9.17) is 15.0 Å². The Balaban J connectivity index is 2.87. The van der Waals surface area contributed by atoms with Gasteiger partial charge in [-0.15, -0.1) is 0 Å². The summed E-state index contributed by atoms with van der Waals surface area (Å²) in [5, 5.41) is 0. The molecule has 0 aromatic rings. The van der Waals surface area contributed by atoms with Crippen molar-refractivity contribution in [1.82, 2.24) is 0 Å². The summed E-state index contributed by atoms with van der Waals surface area (Å²) in [6, 6.07) is 0. The van der Waals surface area contributed by atoms with Gasteiger partial charge in [0.25, 0.3) is 0 Å². The van der Waals surface area contributed by atoms with Crippen LogP contribution < -0.4 is 10.7 Å². The van der Waals surface area contributed by atoms with Crippen molar-refractivity contribution < 1.29 is 14.3 Å². The summed E-state index contributed by atoms with van der Waals surface area (Å²) in [6.45, 7) is 8.06. The highest BCUT2D eigenvalue weighted by molar-refractivity contribution is 6.60. The van der Waals surface area contributed by atoms with Gasteiger partial charge in [-0.1, -0.05) is 0 Å². The van der Waals surface area contributed by atoms with Crippen LogP contribution in [0.15, 0.2) is 11.7 Å². The first kappa shape index (κ1) is 12.3. The maximum absolute atomic E-state index is 5.83. The summed E-state index contributed by atoms with van der Waals surface area (Å²) in [4.78, 5) is 2.92. The predicted octanol–water partition coefficient (Wildman–Crippen LogP) is -0.758. The zero-order valence-electron chi connectivity index (χ0n) is 10.1. The molecule has 15 heavy (non-hydrogen) atoms. The van der Waals surface area contributed by atoms with Crippen molar-refractivity contribution in [3.05, 3.63) is 11.7 Å². The van der Waals surface area contributed by atoms with Crippen LogP contribution >= 0.6 is 0 Å². The normalized spacial score (nSPS) is 25.1. The molecule has 1 aliphatic rings. The molecule has 0 aliphatic carbocycles. The molecule has 5 heteroatoms. The smallest absolute Gasteiger partial charge is 0.405 e. The van der Waals surface area contributed by atoms with E-state index in [2.05, 4.69) is 4.99 Å². The van der Waals surface area contributed by atoms with E-state index in [1.54, 1.807) is 6.21 Å². The molecule has 1 aliphatic heterocycles. The molecule has 0 bridgehead atoms. The zero-order valence-corrected chi connectivity index (χ0v) is 10.1. The summed E-state index contributed by atoms with van der Waals surface area (Å²) in [6.07, 6.45) is 3.28. The topological polar surface area (TPSA) is 58.5 Å². The van der Waals surface area contributed by atoms with Crippen LogP contribution in [0.3, 0.4) is 0 Å². The van der Waals surface area contributed by atoms with Crippen LogP contribution in [0.25, 0.3) is 0 Å². The third kappa shape index (κ3) is 2.24. The molecule has 0 aromatic heterocycles. The van der Waals surface area contributed by atoms with Crippen molar-refractivity contribution in [2.75, 3.05) is 7.05 Å². The highest BCUT2D eigenvalue weighted by Gasteiger charge is 2.52. The van der Waals surface area contributed by atoms with Gasteiger partial charge in [0.2, 0.25) is 0 Å². The van der Waals surface area contributed by atoms with Crippen LogP contribution in [0, 0.1) is 0 Å². The number of rotatable bonds is 2. The summed E-state index contributed by atoms with van der Waals surface area (Å²) in [7, 11) is 1.42. The Kier molecular flexibility index (Phi) is 3.26. The van der Waals surface area contributed by atoms with Gasteiger partial charge in [0, 0.05) is 0 Å². The van der Waals surface area contributed by atoms with Crippen LogP contribution in [0.4, 0.5) is 0 Å². The van der Waals surface area contributed by atoms with E-state index in [1.165, 1.54) is 6.20 Å². The molecule has 0 unspecified atom stereocenters. The third-order valence-electron chi connectivity index (χ3n) is 3.03. The molecule has 1 saturated heterocycles. The van der Waals surface area contributed by atoms with Crippen LogP contribution in [-0.4, -0.2) is 31.6 Å². The quantitative estimate of drug-likeness (QED) is 0.466. The fourth-order valence-corrected chi connectivity index (χ4v) is 1.34. The molecule has 0 amide bonds. The lowest BCUT2D eigenvalue weighted by Crippen LogP contribution is -2.64. The van der Waals surface area contributed by atoms with Crippen molar-refractivity contribution in [2.24, 2.45) is 5.73 Å². The summed E-state index contributed by atoms with van der Waals surface area (Å²) in [5.74, 6) is 0. The lowest BCUT2D eigenvalue weighted by molar-refractivity contribution is -0.413. The first-order chi connectivity index (χ1) is 6.84. The highest BCUT2D eigenvalue weighted by atomic mass is 16.7. The molecule has 0 saturated carbocycles. The molecule has 0 spiro atoms. The van der Waals surface area contributed by atoms with Crippen molar-refractivity contribution in [2.45, 2.75) is 38.9 Å². The second kappa shape index (κ2) is 3.98. The van der Waals surface area contributed by atoms with Gasteiger partial charge in [0.05, 0.1) is 16.7 Å². The van der Waals surface area contributed by atoms with E-state index >= 15 is 0 Å². The third-order valence-corrected chi connectivity index (χ3v) is 3.03. The van der Waals surface area contributed by atoms with Gasteiger partial charge in [0.15, 0.2) is 6.21 Å². The zero-order chi connectivity index (χ0) is 11.7. The van der Waals surface area contributed by atoms with Gasteiger partial charge in [-0.05, 0) is 33.9 Å². The van der Waals surface area contributed by atoms with Gasteiger partial charge in [-0.2, -0.15) is 0 Å². The predicted molar refractivity (Wildman–Crippen MR) is 61.3 cm³/mol. The number of hydrogen-bond acceptors (Lipinski definition) is 3. The Bertz CT molecular complexity index is 282. The van der Waals surface area contributed by atoms with Gasteiger partial charge in [-0.25, -0.2) is 0 Å². The summed E-state index contributed by atoms with van der Waals surface area (Å²) in [5.41, 5.74) is 5.67. The van der Waals surface area contributed by atoms with Crippen molar-refractivity contribution in [1.29, 1.82) is 0 Å². The van der Waals surface area contributed by atoms with E-state index in [1.807, 2.05) is 34.7 Å². The Morgan fingerprint density at radius 1 is 1.20 bits per heavy atom. The first-order valence-corrected chi connectivity index (χ1v) is 5.12. The summed E-state index contributed by atoms with van der Waals surface area (Å²) >= 11 is 0. The largest absolute Gasteiger partial charge is 0.502 e. The maximum atomic E-state index is 5.83. The summed E-state index contributed by atoms with van der Waals surface area (Å²) < 4.78 is 11.7. The molecular formula is C10H20BN2O2+. The minimum Gasteiger partial charge on any atom is -0.405 e. The fourth-order valence-electron chi connectivity index (χ4n) is 1.34. The molecule has 0 aromatic carbocycles. The molecule has 0 atom stereocenters. The monoisotopic (exact) mass is 211 g/mol. The van der Waals surface area contributed by atoms with E-state index < -0.39 is 7.12 Å². The van der Waals surface area contributed by atoms with Crippen LogP contribution in [0.5, 0.6) is 0 Å². The second-order valence-corrected chi connectivity index (χ2v) is 4.69. The Morgan fingerprint density at radius 3 is 2.00 bits per heavy atom. The molecule has 1 rings (SSSR count). The highest BCUT2D eigenvalue weighted by Crippen LogP contribution is 2.37.